The number of likely N-dealkylation sites (tertiary alicyclic amines) is 1. The molecule has 0 aromatic carbocycles. The Hall–Kier alpha value is -1.29. The summed E-state index contributed by atoms with van der Waals surface area (Å²) in [5.41, 5.74) is 6.36. The topological polar surface area (TPSA) is 51.3 Å². The van der Waals surface area contributed by atoms with Crippen LogP contribution in [-0.2, 0) is 7.05 Å². The number of nitrogens with zero attached hydrogens (tertiary/aromatic N) is 2. The highest BCUT2D eigenvalue weighted by Crippen LogP contribution is 2.17. The third kappa shape index (κ3) is 1.90. The molecule has 1 aliphatic heterocycles. The second kappa shape index (κ2) is 4.06. The SMILES string of the molecule is Cn1cccc1C(=O)N1CCC(CN)C1. The Kier molecular flexibility index (Phi) is 2.77. The molecule has 1 unspecified atom stereocenters. The highest BCUT2D eigenvalue weighted by Gasteiger charge is 2.26. The fraction of sp³-hybridized carbons (Fsp3) is 0.545. The smallest absolute Gasteiger partial charge is 0.270 e. The Labute approximate surface area is 89.7 Å². The molecule has 1 saturated heterocycles. The molecule has 1 aromatic heterocycles. The predicted octanol–water partition coefficient (Wildman–Crippen LogP) is 0.446. The highest BCUT2D eigenvalue weighted by atomic mass is 16.2. The van der Waals surface area contributed by atoms with Gasteiger partial charge in [0, 0.05) is 26.3 Å². The van der Waals surface area contributed by atoms with Gasteiger partial charge in [-0.15, -0.1) is 0 Å². The summed E-state index contributed by atoms with van der Waals surface area (Å²) in [6.45, 7) is 2.32. The number of nitrogens with two attached hydrogens (primary N) is 1. The van der Waals surface area contributed by atoms with E-state index in [1.165, 1.54) is 0 Å². The zero-order valence-corrected chi connectivity index (χ0v) is 9.02. The molecule has 1 aliphatic rings. The Bertz CT molecular complexity index is 358. The molecule has 0 aliphatic carbocycles. The van der Waals surface area contributed by atoms with Crippen molar-refractivity contribution >= 4 is 5.91 Å². The quantitative estimate of drug-likeness (QED) is 0.765. The minimum absolute atomic E-state index is 0.124. The van der Waals surface area contributed by atoms with Gasteiger partial charge >= 0.3 is 0 Å². The summed E-state index contributed by atoms with van der Waals surface area (Å²) >= 11 is 0. The lowest BCUT2D eigenvalue weighted by molar-refractivity contribution is 0.0778. The molecule has 1 amide bonds. The molecule has 1 aromatic rings. The lowest BCUT2D eigenvalue weighted by atomic mass is 10.1. The van der Waals surface area contributed by atoms with E-state index < -0.39 is 0 Å². The van der Waals surface area contributed by atoms with Gasteiger partial charge in [0.05, 0.1) is 0 Å². The molecule has 1 atom stereocenters. The molecule has 82 valence electrons. The van der Waals surface area contributed by atoms with Crippen molar-refractivity contribution in [2.45, 2.75) is 6.42 Å². The first-order valence-electron chi connectivity index (χ1n) is 5.33. The maximum absolute atomic E-state index is 12.1. The predicted molar refractivity (Wildman–Crippen MR) is 58.5 cm³/mol. The molecule has 0 spiro atoms. The number of aromatic nitrogens is 1. The van der Waals surface area contributed by atoms with Crippen LogP contribution >= 0.6 is 0 Å². The summed E-state index contributed by atoms with van der Waals surface area (Å²) < 4.78 is 1.86. The number of carbonyl (C=O) groups excluding carboxylic acids is 1. The first kappa shape index (κ1) is 10.2. The van der Waals surface area contributed by atoms with E-state index in [2.05, 4.69) is 0 Å². The van der Waals surface area contributed by atoms with Crippen LogP contribution in [0, 0.1) is 5.92 Å². The van der Waals surface area contributed by atoms with Crippen LogP contribution in [0.1, 0.15) is 16.9 Å². The van der Waals surface area contributed by atoms with Crippen molar-refractivity contribution in [3.8, 4) is 0 Å². The van der Waals surface area contributed by atoms with Crippen LogP contribution in [0.25, 0.3) is 0 Å². The van der Waals surface area contributed by atoms with Crippen LogP contribution in [0.3, 0.4) is 0 Å². The number of aryl methyl sites for hydroxylation is 1. The molecule has 2 heterocycles. The van der Waals surface area contributed by atoms with E-state index in [4.69, 9.17) is 5.73 Å². The second-order valence-electron chi connectivity index (χ2n) is 4.15. The molecule has 2 rings (SSSR count). The number of hydrogen-bond donors (Lipinski definition) is 1. The molecule has 0 bridgehead atoms. The standard InChI is InChI=1S/C11H17N3O/c1-13-5-2-3-10(13)11(15)14-6-4-9(7-12)8-14/h2-3,5,9H,4,6-8,12H2,1H3. The summed E-state index contributed by atoms with van der Waals surface area (Å²) in [4.78, 5) is 14.0. The summed E-state index contributed by atoms with van der Waals surface area (Å²) in [6.07, 6.45) is 2.93. The Morgan fingerprint density at radius 2 is 2.47 bits per heavy atom. The van der Waals surface area contributed by atoms with Gasteiger partial charge in [0.2, 0.25) is 0 Å². The van der Waals surface area contributed by atoms with Crippen LogP contribution in [0.15, 0.2) is 18.3 Å². The lowest BCUT2D eigenvalue weighted by Gasteiger charge is -2.16. The van der Waals surface area contributed by atoms with Crippen molar-refractivity contribution in [2.75, 3.05) is 19.6 Å². The van der Waals surface area contributed by atoms with E-state index in [0.717, 1.165) is 25.2 Å². The van der Waals surface area contributed by atoms with Gasteiger partial charge in [0.15, 0.2) is 0 Å². The minimum Gasteiger partial charge on any atom is -0.347 e. The van der Waals surface area contributed by atoms with Crippen LogP contribution in [0.5, 0.6) is 0 Å². The molecular weight excluding hydrogens is 190 g/mol. The van der Waals surface area contributed by atoms with E-state index in [-0.39, 0.29) is 5.91 Å². The molecule has 4 nitrogen and oxygen atoms in total. The summed E-state index contributed by atoms with van der Waals surface area (Å²) in [5.74, 6) is 0.604. The number of amides is 1. The van der Waals surface area contributed by atoms with E-state index in [9.17, 15) is 4.79 Å². The van der Waals surface area contributed by atoms with Crippen LogP contribution in [0.4, 0.5) is 0 Å². The first-order valence-corrected chi connectivity index (χ1v) is 5.33. The van der Waals surface area contributed by atoms with Gasteiger partial charge in [-0.2, -0.15) is 0 Å². The molecule has 4 heteroatoms. The van der Waals surface area contributed by atoms with E-state index >= 15 is 0 Å². The normalized spacial score (nSPS) is 20.9. The van der Waals surface area contributed by atoms with Crippen molar-refractivity contribution in [1.29, 1.82) is 0 Å². The van der Waals surface area contributed by atoms with E-state index in [1.54, 1.807) is 0 Å². The van der Waals surface area contributed by atoms with Crippen LogP contribution in [-0.4, -0.2) is 35.0 Å². The Balaban J connectivity index is 2.07. The highest BCUT2D eigenvalue weighted by molar-refractivity contribution is 5.92. The number of carbonyl (C=O) groups is 1. The Morgan fingerprint density at radius 3 is 3.00 bits per heavy atom. The number of hydrogen-bond acceptors (Lipinski definition) is 2. The van der Waals surface area contributed by atoms with Gasteiger partial charge in [-0.05, 0) is 31.0 Å². The average molecular weight is 207 g/mol. The molecule has 0 radical (unpaired) electrons. The maximum atomic E-state index is 12.1. The van der Waals surface area contributed by atoms with Gasteiger partial charge in [-0.3, -0.25) is 4.79 Å². The fourth-order valence-electron chi connectivity index (χ4n) is 2.05. The molecule has 1 fully saturated rings. The van der Waals surface area contributed by atoms with Crippen molar-refractivity contribution in [3.05, 3.63) is 24.0 Å². The second-order valence-corrected chi connectivity index (χ2v) is 4.15. The van der Waals surface area contributed by atoms with E-state index in [1.807, 2.05) is 34.8 Å². The van der Waals surface area contributed by atoms with Crippen LogP contribution in [0.2, 0.25) is 0 Å². The zero-order valence-electron chi connectivity index (χ0n) is 9.02. The van der Waals surface area contributed by atoms with Gasteiger partial charge in [0.25, 0.3) is 5.91 Å². The van der Waals surface area contributed by atoms with Crippen molar-refractivity contribution in [3.63, 3.8) is 0 Å². The molecular formula is C11H17N3O. The average Bonchev–Trinajstić information content (AvgIpc) is 2.84. The third-order valence-corrected chi connectivity index (χ3v) is 3.07. The maximum Gasteiger partial charge on any atom is 0.270 e. The van der Waals surface area contributed by atoms with Crippen molar-refractivity contribution in [1.82, 2.24) is 9.47 Å². The van der Waals surface area contributed by atoms with Crippen molar-refractivity contribution in [2.24, 2.45) is 18.7 Å². The molecule has 15 heavy (non-hydrogen) atoms. The van der Waals surface area contributed by atoms with Gasteiger partial charge in [0.1, 0.15) is 5.69 Å². The lowest BCUT2D eigenvalue weighted by Crippen LogP contribution is -2.31. The van der Waals surface area contributed by atoms with Gasteiger partial charge in [-0.1, -0.05) is 0 Å². The molecule has 0 saturated carbocycles. The first-order chi connectivity index (χ1) is 7.22. The number of rotatable bonds is 2. The largest absolute Gasteiger partial charge is 0.347 e. The Morgan fingerprint density at radius 1 is 1.67 bits per heavy atom. The van der Waals surface area contributed by atoms with Crippen molar-refractivity contribution < 1.29 is 4.79 Å². The fourth-order valence-corrected chi connectivity index (χ4v) is 2.05. The summed E-state index contributed by atoms with van der Waals surface area (Å²) in [6, 6.07) is 3.75. The monoisotopic (exact) mass is 207 g/mol. The molecule has 2 N–H and O–H groups in total. The van der Waals surface area contributed by atoms with Gasteiger partial charge in [-0.25, -0.2) is 0 Å². The summed E-state index contributed by atoms with van der Waals surface area (Å²) in [5, 5.41) is 0. The van der Waals surface area contributed by atoms with Crippen LogP contribution < -0.4 is 5.73 Å². The third-order valence-electron chi connectivity index (χ3n) is 3.07. The van der Waals surface area contributed by atoms with E-state index in [0.29, 0.717) is 12.5 Å². The van der Waals surface area contributed by atoms with Gasteiger partial charge < -0.3 is 15.2 Å². The summed E-state index contributed by atoms with van der Waals surface area (Å²) in [7, 11) is 1.89. The zero-order chi connectivity index (χ0) is 10.8. The minimum atomic E-state index is 0.124.